The summed E-state index contributed by atoms with van der Waals surface area (Å²) < 4.78 is 0. The van der Waals surface area contributed by atoms with Crippen molar-refractivity contribution in [2.24, 2.45) is 40.7 Å². The minimum Gasteiger partial charge on any atom is -0.508 e. The first-order chi connectivity index (χ1) is 30.7. The molecule has 0 fully saturated rings. The first-order valence-electron chi connectivity index (χ1n) is 22.7. The summed E-state index contributed by atoms with van der Waals surface area (Å²) in [7, 11) is 0. The highest BCUT2D eigenvalue weighted by Gasteiger charge is 2.34. The molecule has 1 rings (SSSR count). The molecule has 0 aromatic heterocycles. The number of benzene rings is 1. The number of guanidine groups is 1. The summed E-state index contributed by atoms with van der Waals surface area (Å²) in [5.74, 6) is -5.68. The number of aliphatic hydroxyl groups is 1. The summed E-state index contributed by atoms with van der Waals surface area (Å²) in [5, 5.41) is 45.6. The van der Waals surface area contributed by atoms with Gasteiger partial charge in [-0.1, -0.05) is 46.8 Å². The second-order valence-corrected chi connectivity index (χ2v) is 17.4. The predicted molar refractivity (Wildman–Crippen MR) is 247 cm³/mol. The Bertz CT molecular complexity index is 1660. The van der Waals surface area contributed by atoms with Gasteiger partial charge in [-0.2, -0.15) is 0 Å². The van der Waals surface area contributed by atoms with Crippen LogP contribution in [0.1, 0.15) is 111 Å². The summed E-state index contributed by atoms with van der Waals surface area (Å²) in [6, 6.07) is -0.610. The third-order valence-electron chi connectivity index (χ3n) is 10.5. The molecule has 18 N–H and O–H groups in total. The molecule has 21 nitrogen and oxygen atoms in total. The minimum absolute atomic E-state index is 0.0886. The average molecular weight is 919 g/mol. The van der Waals surface area contributed by atoms with E-state index in [4.69, 9.17) is 28.3 Å². The van der Waals surface area contributed by atoms with Crippen LogP contribution < -0.4 is 60.2 Å². The van der Waals surface area contributed by atoms with Gasteiger partial charge in [0.1, 0.15) is 42.0 Å². The molecule has 7 atom stereocenters. The first kappa shape index (κ1) is 57.5. The highest BCUT2D eigenvalue weighted by Crippen LogP contribution is 2.16. The number of carbonyl (C=O) groups is 7. The van der Waals surface area contributed by atoms with Crippen LogP contribution in [0.4, 0.5) is 0 Å². The van der Waals surface area contributed by atoms with E-state index < -0.39 is 90.1 Å². The summed E-state index contributed by atoms with van der Waals surface area (Å²) in [5.41, 5.74) is 22.9. The summed E-state index contributed by atoms with van der Waals surface area (Å²) in [4.78, 5) is 94.6. The van der Waals surface area contributed by atoms with Crippen molar-refractivity contribution < 1.29 is 43.8 Å². The molecular formula is C44H78N12O9. The molecule has 0 aliphatic rings. The van der Waals surface area contributed by atoms with Crippen LogP contribution in [-0.2, 0) is 40.0 Å². The van der Waals surface area contributed by atoms with Crippen LogP contribution in [-0.4, -0.2) is 120 Å². The summed E-state index contributed by atoms with van der Waals surface area (Å²) in [6.07, 6.45) is 4.06. The molecule has 0 spiro atoms. The Morgan fingerprint density at radius 1 is 0.554 bits per heavy atom. The van der Waals surface area contributed by atoms with E-state index in [1.807, 2.05) is 27.7 Å². The van der Waals surface area contributed by atoms with Crippen LogP contribution in [0.3, 0.4) is 0 Å². The molecule has 0 aliphatic heterocycles. The van der Waals surface area contributed by atoms with Crippen molar-refractivity contribution in [2.75, 3.05) is 26.2 Å². The minimum atomic E-state index is -1.39. The van der Waals surface area contributed by atoms with E-state index in [2.05, 4.69) is 37.2 Å². The number of rotatable bonds is 33. The van der Waals surface area contributed by atoms with E-state index in [0.717, 1.165) is 5.56 Å². The highest BCUT2D eigenvalue weighted by molar-refractivity contribution is 5.97. The largest absolute Gasteiger partial charge is 0.508 e. The van der Waals surface area contributed by atoms with Gasteiger partial charge in [-0.3, -0.25) is 39.0 Å². The normalized spacial score (nSPS) is 14.4. The van der Waals surface area contributed by atoms with E-state index >= 15 is 0 Å². The molecule has 0 saturated carbocycles. The molecule has 368 valence electrons. The lowest BCUT2D eigenvalue weighted by molar-refractivity contribution is -0.136. The Morgan fingerprint density at radius 3 is 1.29 bits per heavy atom. The molecule has 0 radical (unpaired) electrons. The lowest BCUT2D eigenvalue weighted by Gasteiger charge is -2.29. The molecule has 0 saturated heterocycles. The first-order valence-corrected chi connectivity index (χ1v) is 22.7. The molecule has 0 heterocycles. The fraction of sp³-hybridized carbons (Fsp3) is 0.682. The second-order valence-electron chi connectivity index (χ2n) is 17.4. The number of primary amides is 1. The number of unbranched alkanes of at least 4 members (excludes halogenated alkanes) is 3. The Balaban J connectivity index is 3.38. The van der Waals surface area contributed by atoms with Gasteiger partial charge in [-0.25, -0.2) is 0 Å². The van der Waals surface area contributed by atoms with Crippen molar-refractivity contribution in [1.29, 1.82) is 5.41 Å². The molecule has 1 aromatic carbocycles. The summed E-state index contributed by atoms with van der Waals surface area (Å²) in [6.45, 7) is 9.37. The Labute approximate surface area is 383 Å². The van der Waals surface area contributed by atoms with Gasteiger partial charge in [-0.05, 0) is 120 Å². The van der Waals surface area contributed by atoms with Crippen molar-refractivity contribution >= 4 is 47.3 Å². The standard InChI is InChI=1S/C44H78N12O9/c1-26(2)22-34(42(64)53-33(13-7-10-20-46)41(63)56-36(25-57)37(47)59)55-43(65)35(23-27(3)4)54-40(62)32(12-6-9-19-45)52-39(61)31(14-8-11-21-50-44(48)49)51-38(60)28(5)24-29-15-17-30(58)18-16-29/h15-18,26-28,31-36,57-58H,6-14,19-25,45-46H2,1-5H3,(H2,47,59)(H,51,60)(H,52,61)(H,53,64)(H,54,62)(H,55,65)(H,56,63)(H4,48,49,50)/t28-,31-,32-,33-,34-,35-,36-/m0/s1. The van der Waals surface area contributed by atoms with E-state index in [1.54, 1.807) is 19.1 Å². The van der Waals surface area contributed by atoms with Crippen LogP contribution in [0.15, 0.2) is 24.3 Å². The van der Waals surface area contributed by atoms with Gasteiger partial charge in [0.05, 0.1) is 6.61 Å². The quantitative estimate of drug-likeness (QED) is 0.0228. The number of aromatic hydroxyl groups is 1. The third-order valence-corrected chi connectivity index (χ3v) is 10.5. The SMILES string of the molecule is CC(C)C[C@H](NC(=O)[C@H](CC(C)C)NC(=O)[C@H](CCCCN)NC(=O)[C@H](CCCCNC(=N)N)NC(=O)[C@@H](C)Cc1ccc(O)cc1)C(=O)N[C@@H](CCCCN)C(=O)N[C@@H](CO)C(N)=O. The zero-order valence-corrected chi connectivity index (χ0v) is 38.9. The van der Waals surface area contributed by atoms with Gasteiger partial charge in [0.2, 0.25) is 41.4 Å². The topological polar surface area (TPSA) is 372 Å². The Kier molecular flexibility index (Phi) is 27.7. The number of nitrogens with one attached hydrogen (secondary N) is 8. The fourth-order valence-electron chi connectivity index (χ4n) is 6.85. The van der Waals surface area contributed by atoms with Crippen LogP contribution in [0.25, 0.3) is 0 Å². The van der Waals surface area contributed by atoms with Gasteiger partial charge in [-0.15, -0.1) is 0 Å². The van der Waals surface area contributed by atoms with Gasteiger partial charge in [0, 0.05) is 12.5 Å². The number of aliphatic hydroxyl groups excluding tert-OH is 1. The fourth-order valence-corrected chi connectivity index (χ4v) is 6.85. The van der Waals surface area contributed by atoms with Gasteiger partial charge in [0.15, 0.2) is 5.96 Å². The maximum atomic E-state index is 14.2. The second kappa shape index (κ2) is 31.4. The number of nitrogens with two attached hydrogens (primary N) is 4. The van der Waals surface area contributed by atoms with Crippen molar-refractivity contribution in [1.82, 2.24) is 37.2 Å². The van der Waals surface area contributed by atoms with E-state index in [9.17, 15) is 43.8 Å². The molecule has 21 heteroatoms. The number of phenols is 1. The number of phenolic OH excluding ortho intramolecular Hbond substituents is 1. The van der Waals surface area contributed by atoms with E-state index in [0.29, 0.717) is 64.6 Å². The lowest BCUT2D eigenvalue weighted by atomic mass is 9.98. The molecular weight excluding hydrogens is 841 g/mol. The number of amides is 7. The van der Waals surface area contributed by atoms with Crippen LogP contribution >= 0.6 is 0 Å². The van der Waals surface area contributed by atoms with Gasteiger partial charge in [0.25, 0.3) is 0 Å². The summed E-state index contributed by atoms with van der Waals surface area (Å²) >= 11 is 0. The zero-order chi connectivity index (χ0) is 49.1. The molecule has 0 unspecified atom stereocenters. The van der Waals surface area contributed by atoms with Crippen LogP contribution in [0, 0.1) is 23.2 Å². The number of carbonyl (C=O) groups excluding carboxylic acids is 7. The van der Waals surface area contributed by atoms with E-state index in [-0.39, 0.29) is 55.6 Å². The maximum absolute atomic E-state index is 14.2. The van der Waals surface area contributed by atoms with Crippen molar-refractivity contribution in [3.05, 3.63) is 29.8 Å². The van der Waals surface area contributed by atoms with Crippen molar-refractivity contribution in [2.45, 2.75) is 148 Å². The number of hydrogen-bond acceptors (Lipinski definition) is 12. The van der Waals surface area contributed by atoms with Crippen molar-refractivity contribution in [3.8, 4) is 5.75 Å². The van der Waals surface area contributed by atoms with Crippen LogP contribution in [0.5, 0.6) is 5.75 Å². The maximum Gasteiger partial charge on any atom is 0.243 e. The Morgan fingerprint density at radius 2 is 0.923 bits per heavy atom. The van der Waals surface area contributed by atoms with E-state index in [1.165, 1.54) is 12.1 Å². The molecule has 7 amide bonds. The number of hydrogen-bond donors (Lipinski definition) is 14. The van der Waals surface area contributed by atoms with Gasteiger partial charge < -0.3 is 70.4 Å². The molecule has 1 aromatic rings. The third kappa shape index (κ3) is 23.8. The Hall–Kier alpha value is -5.54. The highest BCUT2D eigenvalue weighted by atomic mass is 16.3. The van der Waals surface area contributed by atoms with Crippen molar-refractivity contribution in [3.63, 3.8) is 0 Å². The zero-order valence-electron chi connectivity index (χ0n) is 38.9. The molecule has 0 aliphatic carbocycles. The van der Waals surface area contributed by atoms with Crippen LogP contribution in [0.2, 0.25) is 0 Å². The van der Waals surface area contributed by atoms with Gasteiger partial charge >= 0.3 is 0 Å². The average Bonchev–Trinajstić information content (AvgIpc) is 3.23. The lowest BCUT2D eigenvalue weighted by Crippen LogP contribution is -2.60. The molecule has 0 bridgehead atoms. The smallest absolute Gasteiger partial charge is 0.243 e. The predicted octanol–water partition coefficient (Wildman–Crippen LogP) is -1.04. The monoisotopic (exact) mass is 919 g/mol. The molecule has 65 heavy (non-hydrogen) atoms.